The van der Waals surface area contributed by atoms with Gasteiger partial charge in [0.25, 0.3) is 5.91 Å². The zero-order valence-corrected chi connectivity index (χ0v) is 20.8. The highest BCUT2D eigenvalue weighted by molar-refractivity contribution is 6.08. The van der Waals surface area contributed by atoms with E-state index in [9.17, 15) is 9.59 Å². The molecule has 1 aromatic heterocycles. The van der Waals surface area contributed by atoms with Crippen LogP contribution in [-0.2, 0) is 10.2 Å². The molecule has 0 aliphatic rings. The summed E-state index contributed by atoms with van der Waals surface area (Å²) in [4.78, 5) is 28.3. The van der Waals surface area contributed by atoms with Crippen LogP contribution in [0.2, 0.25) is 0 Å². The maximum absolute atomic E-state index is 13.5. The van der Waals surface area contributed by atoms with Crippen LogP contribution in [-0.4, -0.2) is 39.6 Å². The van der Waals surface area contributed by atoms with E-state index in [0.29, 0.717) is 17.9 Å². The standard InChI is InChI=1S/C29H32N4O2/c1-5-18-32(28(35)24-17-11-13-21-12-9-10-16-23(21)24)20-27(34)30-26-19-25(29(2,3)4)31-33(26)22-14-7-6-8-15-22/h6-17,19H,5,18,20H2,1-4H3,(H,30,34). The van der Waals surface area contributed by atoms with Gasteiger partial charge in [-0.2, -0.15) is 5.10 Å². The quantitative estimate of drug-likeness (QED) is 0.372. The lowest BCUT2D eigenvalue weighted by Crippen LogP contribution is -2.38. The Morgan fingerprint density at radius 2 is 1.63 bits per heavy atom. The molecule has 35 heavy (non-hydrogen) atoms. The van der Waals surface area contributed by atoms with Gasteiger partial charge in [0.15, 0.2) is 0 Å². The zero-order valence-electron chi connectivity index (χ0n) is 20.8. The first-order valence-electron chi connectivity index (χ1n) is 12.0. The first kappa shape index (κ1) is 24.2. The van der Waals surface area contributed by atoms with Gasteiger partial charge >= 0.3 is 0 Å². The summed E-state index contributed by atoms with van der Waals surface area (Å²) in [5.41, 5.74) is 2.15. The smallest absolute Gasteiger partial charge is 0.254 e. The van der Waals surface area contributed by atoms with Crippen molar-refractivity contribution in [3.63, 3.8) is 0 Å². The largest absolute Gasteiger partial charge is 0.329 e. The number of aromatic nitrogens is 2. The summed E-state index contributed by atoms with van der Waals surface area (Å²) in [6, 6.07) is 25.1. The molecule has 0 atom stereocenters. The third-order valence-corrected chi connectivity index (χ3v) is 5.88. The molecule has 0 fully saturated rings. The van der Waals surface area contributed by atoms with E-state index in [0.717, 1.165) is 28.6 Å². The molecule has 180 valence electrons. The van der Waals surface area contributed by atoms with Crippen molar-refractivity contribution in [3.8, 4) is 5.69 Å². The number of hydrogen-bond donors (Lipinski definition) is 1. The average molecular weight is 469 g/mol. The number of amides is 2. The number of anilines is 1. The molecular formula is C29H32N4O2. The maximum atomic E-state index is 13.5. The van der Waals surface area contributed by atoms with Crippen molar-refractivity contribution in [1.29, 1.82) is 0 Å². The van der Waals surface area contributed by atoms with Gasteiger partial charge in [0, 0.05) is 23.6 Å². The Bertz CT molecular complexity index is 1330. The van der Waals surface area contributed by atoms with Gasteiger partial charge in [-0.1, -0.05) is 82.3 Å². The Hall–Kier alpha value is -3.93. The van der Waals surface area contributed by atoms with Crippen LogP contribution in [0, 0.1) is 0 Å². The lowest BCUT2D eigenvalue weighted by atomic mass is 9.92. The number of nitrogens with zero attached hydrogens (tertiary/aromatic N) is 3. The molecule has 1 N–H and O–H groups in total. The Labute approximate surface area is 206 Å². The summed E-state index contributed by atoms with van der Waals surface area (Å²) in [5.74, 6) is 0.176. The van der Waals surface area contributed by atoms with E-state index < -0.39 is 0 Å². The summed E-state index contributed by atoms with van der Waals surface area (Å²) in [6.45, 7) is 8.70. The van der Waals surface area contributed by atoms with Gasteiger partial charge in [0.2, 0.25) is 5.91 Å². The molecule has 1 heterocycles. The number of benzene rings is 3. The second-order valence-electron chi connectivity index (χ2n) is 9.71. The fourth-order valence-electron chi connectivity index (χ4n) is 4.06. The first-order valence-corrected chi connectivity index (χ1v) is 12.0. The number of carbonyl (C=O) groups excluding carboxylic acids is 2. The SMILES string of the molecule is CCCN(CC(=O)Nc1cc(C(C)(C)C)nn1-c1ccccc1)C(=O)c1cccc2ccccc12. The summed E-state index contributed by atoms with van der Waals surface area (Å²) in [5, 5.41) is 9.65. The predicted octanol–water partition coefficient (Wildman–Crippen LogP) is 5.81. The van der Waals surface area contributed by atoms with Crippen LogP contribution in [0.1, 0.15) is 50.2 Å². The normalized spacial score (nSPS) is 11.4. The number of hydrogen-bond acceptors (Lipinski definition) is 3. The molecule has 0 bridgehead atoms. The molecule has 0 unspecified atom stereocenters. The molecule has 0 saturated carbocycles. The Morgan fingerprint density at radius 3 is 2.34 bits per heavy atom. The minimum atomic E-state index is -0.260. The molecule has 2 amide bonds. The summed E-state index contributed by atoms with van der Waals surface area (Å²) >= 11 is 0. The van der Waals surface area contributed by atoms with E-state index in [2.05, 4.69) is 26.1 Å². The van der Waals surface area contributed by atoms with Gasteiger partial charge in [-0.05, 0) is 35.4 Å². The molecule has 6 nitrogen and oxygen atoms in total. The number of rotatable bonds is 7. The van der Waals surface area contributed by atoms with Gasteiger partial charge in [0.05, 0.1) is 11.4 Å². The minimum Gasteiger partial charge on any atom is -0.329 e. The summed E-state index contributed by atoms with van der Waals surface area (Å²) in [7, 11) is 0. The molecule has 0 aliphatic carbocycles. The van der Waals surface area contributed by atoms with Crippen LogP contribution in [0.5, 0.6) is 0 Å². The maximum Gasteiger partial charge on any atom is 0.254 e. The highest BCUT2D eigenvalue weighted by Crippen LogP contribution is 2.26. The Morgan fingerprint density at radius 1 is 0.943 bits per heavy atom. The van der Waals surface area contributed by atoms with Gasteiger partial charge in [-0.15, -0.1) is 0 Å². The van der Waals surface area contributed by atoms with Gasteiger partial charge in [-0.25, -0.2) is 4.68 Å². The van der Waals surface area contributed by atoms with Crippen LogP contribution in [0.4, 0.5) is 5.82 Å². The van der Waals surface area contributed by atoms with Crippen molar-refractivity contribution in [2.24, 2.45) is 0 Å². The number of carbonyl (C=O) groups is 2. The monoisotopic (exact) mass is 468 g/mol. The van der Waals surface area contributed by atoms with Crippen molar-refractivity contribution >= 4 is 28.4 Å². The van der Waals surface area contributed by atoms with E-state index >= 15 is 0 Å². The van der Waals surface area contributed by atoms with Crippen LogP contribution in [0.15, 0.2) is 78.9 Å². The number of nitrogens with one attached hydrogen (secondary N) is 1. The molecule has 0 radical (unpaired) electrons. The molecule has 0 aliphatic heterocycles. The van der Waals surface area contributed by atoms with Crippen LogP contribution in [0.25, 0.3) is 16.5 Å². The molecule has 4 aromatic rings. The average Bonchev–Trinajstić information content (AvgIpc) is 3.28. The molecular weight excluding hydrogens is 436 g/mol. The zero-order chi connectivity index (χ0) is 25.0. The van der Waals surface area contributed by atoms with Gasteiger partial charge in [0.1, 0.15) is 12.4 Å². The molecule has 0 spiro atoms. The van der Waals surface area contributed by atoms with Crippen molar-refractivity contribution in [2.45, 2.75) is 39.5 Å². The van der Waals surface area contributed by atoms with Crippen molar-refractivity contribution < 1.29 is 9.59 Å². The summed E-state index contributed by atoms with van der Waals surface area (Å²) < 4.78 is 1.75. The highest BCUT2D eigenvalue weighted by atomic mass is 16.2. The third-order valence-electron chi connectivity index (χ3n) is 5.88. The third kappa shape index (κ3) is 5.43. The highest BCUT2D eigenvalue weighted by Gasteiger charge is 2.24. The van der Waals surface area contributed by atoms with Crippen molar-refractivity contribution in [2.75, 3.05) is 18.4 Å². The predicted molar refractivity (Wildman–Crippen MR) is 141 cm³/mol. The van der Waals surface area contributed by atoms with Crippen LogP contribution >= 0.6 is 0 Å². The Balaban J connectivity index is 1.60. The fraction of sp³-hybridized carbons (Fsp3) is 0.276. The minimum absolute atomic E-state index is 0.0410. The fourth-order valence-corrected chi connectivity index (χ4v) is 4.06. The Kier molecular flexibility index (Phi) is 7.01. The first-order chi connectivity index (χ1) is 16.8. The van der Waals surface area contributed by atoms with E-state index in [1.165, 1.54) is 0 Å². The van der Waals surface area contributed by atoms with Crippen molar-refractivity contribution in [3.05, 3.63) is 90.1 Å². The van der Waals surface area contributed by atoms with E-state index in [4.69, 9.17) is 5.10 Å². The second-order valence-corrected chi connectivity index (χ2v) is 9.71. The lowest BCUT2D eigenvalue weighted by molar-refractivity contribution is -0.116. The van der Waals surface area contributed by atoms with E-state index in [1.54, 1.807) is 9.58 Å². The molecule has 6 heteroatoms. The molecule has 3 aromatic carbocycles. The van der Waals surface area contributed by atoms with Crippen LogP contribution in [0.3, 0.4) is 0 Å². The van der Waals surface area contributed by atoms with Crippen molar-refractivity contribution in [1.82, 2.24) is 14.7 Å². The topological polar surface area (TPSA) is 67.2 Å². The summed E-state index contributed by atoms with van der Waals surface area (Å²) in [6.07, 6.45) is 0.750. The van der Waals surface area contributed by atoms with E-state index in [1.807, 2.05) is 85.8 Å². The molecule has 4 rings (SSSR count). The number of para-hydroxylation sites is 1. The van der Waals surface area contributed by atoms with Gasteiger partial charge < -0.3 is 10.2 Å². The second kappa shape index (κ2) is 10.1. The van der Waals surface area contributed by atoms with Crippen LogP contribution < -0.4 is 5.32 Å². The van der Waals surface area contributed by atoms with Gasteiger partial charge in [-0.3, -0.25) is 9.59 Å². The lowest BCUT2D eigenvalue weighted by Gasteiger charge is -2.22. The molecule has 0 saturated heterocycles. The number of fused-ring (bicyclic) bond motifs is 1. The van der Waals surface area contributed by atoms with E-state index in [-0.39, 0.29) is 23.8 Å².